The third-order valence-corrected chi connectivity index (χ3v) is 6.70. The molecule has 172 valence electrons. The molecule has 1 aromatic heterocycles. The van der Waals surface area contributed by atoms with Crippen LogP contribution in [0.5, 0.6) is 5.75 Å². The molecule has 0 aliphatic heterocycles. The van der Waals surface area contributed by atoms with Gasteiger partial charge in [-0.05, 0) is 60.9 Å². The third kappa shape index (κ3) is 5.41. The number of hydrogen-bond donors (Lipinski definition) is 1. The zero-order chi connectivity index (χ0) is 24.1. The number of thiazole rings is 1. The van der Waals surface area contributed by atoms with Crippen molar-refractivity contribution in [1.82, 2.24) is 4.98 Å². The molecule has 1 N–H and O–H groups in total. The molecule has 6 heteroatoms. The molecule has 34 heavy (non-hydrogen) atoms. The first kappa shape index (κ1) is 23.4. The number of anilines is 1. The number of Topliss-reactive ketones (excluding diaryl/α,β-unsaturated/α-hetero) is 1. The zero-order valence-electron chi connectivity index (χ0n) is 19.4. The molecule has 0 saturated heterocycles. The first-order valence-electron chi connectivity index (χ1n) is 11.1. The van der Waals surface area contributed by atoms with E-state index in [1.54, 1.807) is 7.11 Å². The van der Waals surface area contributed by atoms with Crippen molar-refractivity contribution >= 4 is 28.2 Å². The normalized spacial score (nSPS) is 10.7. The summed E-state index contributed by atoms with van der Waals surface area (Å²) in [4.78, 5) is 30.8. The Kier molecular flexibility index (Phi) is 7.18. The van der Waals surface area contributed by atoms with Gasteiger partial charge in [0.2, 0.25) is 5.91 Å². The molecule has 3 aromatic carbocycles. The Hall–Kier alpha value is -3.77. The predicted octanol–water partition coefficient (Wildman–Crippen LogP) is 6.70. The van der Waals surface area contributed by atoms with Gasteiger partial charge in [-0.25, -0.2) is 4.98 Å². The van der Waals surface area contributed by atoms with Crippen molar-refractivity contribution in [2.75, 3.05) is 12.4 Å². The monoisotopic (exact) mass is 470 g/mol. The first-order chi connectivity index (χ1) is 16.4. The fourth-order valence-electron chi connectivity index (χ4n) is 3.57. The molecular formula is C28H26N2O3S. The van der Waals surface area contributed by atoms with Crippen LogP contribution in [0.25, 0.3) is 21.7 Å². The standard InChI is InChI=1S/C28H26N2O3S/c1-18-9-10-22(17-19(18)2)24(31)15-16-25(32)29-28-30-26(20-7-5-4-6-8-20)27(34-28)21-11-13-23(33-3)14-12-21/h4-14,17H,15-16H2,1-3H3,(H,29,30,32). The van der Waals surface area contributed by atoms with Gasteiger partial charge in [-0.1, -0.05) is 53.8 Å². The molecule has 0 atom stereocenters. The second-order valence-corrected chi connectivity index (χ2v) is 9.06. The van der Waals surface area contributed by atoms with Gasteiger partial charge in [0.15, 0.2) is 10.9 Å². The van der Waals surface area contributed by atoms with Gasteiger partial charge in [0, 0.05) is 24.0 Å². The average Bonchev–Trinajstić information content (AvgIpc) is 3.28. The molecule has 4 aromatic rings. The molecule has 0 spiro atoms. The van der Waals surface area contributed by atoms with Gasteiger partial charge in [0.05, 0.1) is 17.7 Å². The number of carbonyl (C=O) groups excluding carboxylic acids is 2. The number of aromatic nitrogens is 1. The summed E-state index contributed by atoms with van der Waals surface area (Å²) in [6.45, 7) is 3.99. The SMILES string of the molecule is COc1ccc(-c2sc(NC(=O)CCC(=O)c3ccc(C)c(C)c3)nc2-c2ccccc2)cc1. The highest BCUT2D eigenvalue weighted by Crippen LogP contribution is 2.39. The zero-order valence-corrected chi connectivity index (χ0v) is 20.2. The number of nitrogens with one attached hydrogen (secondary N) is 1. The van der Waals surface area contributed by atoms with Crippen LogP contribution in [-0.2, 0) is 4.79 Å². The number of hydrogen-bond acceptors (Lipinski definition) is 5. The number of benzene rings is 3. The number of carbonyl (C=O) groups is 2. The molecule has 0 unspecified atom stereocenters. The van der Waals surface area contributed by atoms with Crippen LogP contribution in [-0.4, -0.2) is 23.8 Å². The van der Waals surface area contributed by atoms with Gasteiger partial charge in [0.25, 0.3) is 0 Å². The summed E-state index contributed by atoms with van der Waals surface area (Å²) in [5, 5.41) is 3.39. The van der Waals surface area contributed by atoms with Crippen molar-refractivity contribution in [3.63, 3.8) is 0 Å². The average molecular weight is 471 g/mol. The van der Waals surface area contributed by atoms with Crippen LogP contribution in [0.3, 0.4) is 0 Å². The lowest BCUT2D eigenvalue weighted by molar-refractivity contribution is -0.116. The minimum absolute atomic E-state index is 0.0405. The Morgan fingerprint density at radius 3 is 2.29 bits per heavy atom. The number of rotatable bonds is 8. The van der Waals surface area contributed by atoms with E-state index in [0.29, 0.717) is 10.7 Å². The molecule has 0 fully saturated rings. The second kappa shape index (κ2) is 10.4. The smallest absolute Gasteiger partial charge is 0.226 e. The molecular weight excluding hydrogens is 444 g/mol. The summed E-state index contributed by atoms with van der Waals surface area (Å²) >= 11 is 1.41. The van der Waals surface area contributed by atoms with Gasteiger partial charge in [-0.2, -0.15) is 0 Å². The number of amides is 1. The van der Waals surface area contributed by atoms with Crippen LogP contribution in [0.2, 0.25) is 0 Å². The number of ether oxygens (including phenoxy) is 1. The lowest BCUT2D eigenvalue weighted by atomic mass is 10.0. The molecule has 5 nitrogen and oxygen atoms in total. The number of nitrogens with zero attached hydrogens (tertiary/aromatic N) is 1. The maximum atomic E-state index is 12.6. The summed E-state index contributed by atoms with van der Waals surface area (Å²) in [7, 11) is 1.63. The van der Waals surface area contributed by atoms with Crippen molar-refractivity contribution in [2.24, 2.45) is 0 Å². The maximum absolute atomic E-state index is 12.6. The lowest BCUT2D eigenvalue weighted by Gasteiger charge is -2.05. The van der Waals surface area contributed by atoms with E-state index in [0.717, 1.165) is 38.6 Å². The van der Waals surface area contributed by atoms with Gasteiger partial charge >= 0.3 is 0 Å². The van der Waals surface area contributed by atoms with E-state index in [-0.39, 0.29) is 24.5 Å². The summed E-state index contributed by atoms with van der Waals surface area (Å²) in [6, 6.07) is 23.3. The van der Waals surface area contributed by atoms with E-state index in [1.165, 1.54) is 11.3 Å². The molecule has 0 bridgehead atoms. The Balaban J connectivity index is 1.51. The van der Waals surface area contributed by atoms with Crippen LogP contribution < -0.4 is 10.1 Å². The summed E-state index contributed by atoms with van der Waals surface area (Å²) in [5.41, 5.74) is 5.60. The minimum atomic E-state index is -0.230. The Bertz CT molecular complexity index is 1310. The van der Waals surface area contributed by atoms with Gasteiger partial charge in [-0.3, -0.25) is 9.59 Å². The lowest BCUT2D eigenvalue weighted by Crippen LogP contribution is -2.13. The topological polar surface area (TPSA) is 68.3 Å². The van der Waals surface area contributed by atoms with Crippen LogP contribution in [0.4, 0.5) is 5.13 Å². The van der Waals surface area contributed by atoms with Crippen molar-refractivity contribution in [1.29, 1.82) is 0 Å². The van der Waals surface area contributed by atoms with E-state index in [9.17, 15) is 9.59 Å². The molecule has 0 radical (unpaired) electrons. The van der Waals surface area contributed by atoms with Crippen LogP contribution >= 0.6 is 11.3 Å². The van der Waals surface area contributed by atoms with Crippen molar-refractivity contribution < 1.29 is 14.3 Å². The molecule has 0 aliphatic carbocycles. The van der Waals surface area contributed by atoms with E-state index in [1.807, 2.05) is 86.6 Å². The van der Waals surface area contributed by atoms with E-state index < -0.39 is 0 Å². The summed E-state index contributed by atoms with van der Waals surface area (Å²) < 4.78 is 5.27. The maximum Gasteiger partial charge on any atom is 0.226 e. The van der Waals surface area contributed by atoms with Crippen molar-refractivity contribution in [2.45, 2.75) is 26.7 Å². The summed E-state index contributed by atoms with van der Waals surface area (Å²) in [6.07, 6.45) is 0.250. The van der Waals surface area contributed by atoms with Crippen molar-refractivity contribution in [3.8, 4) is 27.4 Å². The fraction of sp³-hybridized carbons (Fsp3) is 0.179. The van der Waals surface area contributed by atoms with Gasteiger partial charge in [-0.15, -0.1) is 0 Å². The fourth-order valence-corrected chi connectivity index (χ4v) is 4.58. The minimum Gasteiger partial charge on any atom is -0.497 e. The number of ketones is 1. The van der Waals surface area contributed by atoms with Gasteiger partial charge < -0.3 is 10.1 Å². The van der Waals surface area contributed by atoms with Crippen molar-refractivity contribution in [3.05, 3.63) is 89.5 Å². The second-order valence-electron chi connectivity index (χ2n) is 8.06. The largest absolute Gasteiger partial charge is 0.497 e. The number of methoxy groups -OCH3 is 1. The number of aryl methyl sites for hydroxylation is 2. The Labute approximate surface area is 203 Å². The Morgan fingerprint density at radius 2 is 1.62 bits per heavy atom. The van der Waals surface area contributed by atoms with E-state index >= 15 is 0 Å². The van der Waals surface area contributed by atoms with Crippen LogP contribution in [0, 0.1) is 13.8 Å². The molecule has 1 heterocycles. The molecule has 1 amide bonds. The van der Waals surface area contributed by atoms with Gasteiger partial charge in [0.1, 0.15) is 5.75 Å². The summed E-state index contributed by atoms with van der Waals surface area (Å²) in [5.74, 6) is 0.504. The van der Waals surface area contributed by atoms with Crippen LogP contribution in [0.1, 0.15) is 34.3 Å². The molecule has 0 aliphatic rings. The third-order valence-electron chi connectivity index (χ3n) is 5.68. The van der Waals surface area contributed by atoms with Crippen LogP contribution in [0.15, 0.2) is 72.8 Å². The molecule has 4 rings (SSSR count). The quantitative estimate of drug-likeness (QED) is 0.291. The highest BCUT2D eigenvalue weighted by Gasteiger charge is 2.17. The molecule has 0 saturated carbocycles. The Morgan fingerprint density at radius 1 is 0.882 bits per heavy atom. The first-order valence-corrected chi connectivity index (χ1v) is 11.9. The van der Waals surface area contributed by atoms with E-state index in [4.69, 9.17) is 9.72 Å². The highest BCUT2D eigenvalue weighted by atomic mass is 32.1. The van der Waals surface area contributed by atoms with E-state index in [2.05, 4.69) is 5.32 Å². The highest BCUT2D eigenvalue weighted by molar-refractivity contribution is 7.19. The predicted molar refractivity (Wildman–Crippen MR) is 138 cm³/mol.